The summed E-state index contributed by atoms with van der Waals surface area (Å²) in [5.41, 5.74) is -0.914. The topological polar surface area (TPSA) is 92.5 Å². The molecule has 1 saturated heterocycles. The monoisotopic (exact) mass is 341 g/mol. The second-order valence-corrected chi connectivity index (χ2v) is 8.94. The zero-order valence-electron chi connectivity index (χ0n) is 13.7. The minimum absolute atomic E-state index is 0.0178. The van der Waals surface area contributed by atoms with Gasteiger partial charge in [-0.15, -0.1) is 0 Å². The molecule has 0 unspecified atom stereocenters. The maximum Gasteiger partial charge on any atom is 0.311 e. The summed E-state index contributed by atoms with van der Waals surface area (Å²) < 4.78 is 28.8. The van der Waals surface area contributed by atoms with Crippen LogP contribution in [-0.4, -0.2) is 46.4 Å². The summed E-state index contributed by atoms with van der Waals surface area (Å²) in [5.74, 6) is -0.146. The highest BCUT2D eigenvalue weighted by Gasteiger charge is 2.57. The average Bonchev–Trinajstić information content (AvgIpc) is 3.09. The normalized spacial score (nSPS) is 28.4. The third kappa shape index (κ3) is 2.39. The Bertz CT molecular complexity index is 740. The van der Waals surface area contributed by atoms with Crippen molar-refractivity contribution < 1.29 is 18.3 Å². The number of hydrogen-bond acceptors (Lipinski definition) is 4. The molecule has 3 rings (SSSR count). The molecule has 128 valence electrons. The van der Waals surface area contributed by atoms with E-state index >= 15 is 0 Å². The molecule has 0 spiro atoms. The minimum atomic E-state index is -3.75. The fourth-order valence-electron chi connectivity index (χ4n) is 4.02. The summed E-state index contributed by atoms with van der Waals surface area (Å²) in [7, 11) is -1.97. The third-order valence-corrected chi connectivity index (χ3v) is 6.96. The number of aryl methyl sites for hydroxylation is 1. The van der Waals surface area contributed by atoms with Crippen molar-refractivity contribution in [1.29, 1.82) is 0 Å². The van der Waals surface area contributed by atoms with E-state index in [0.717, 1.165) is 12.8 Å². The standard InChI is InChI=1S/C15H23N3O4S/c1-10(2)13-16-12(8-17(13)3)23(21,22)18-7-11-5-4-6-15(11,9-18)14(19)20/h8,10-11H,4-7,9H2,1-3H3,(H,19,20)/t11-,15+/m0/s1. The summed E-state index contributed by atoms with van der Waals surface area (Å²) in [5, 5.41) is 9.63. The van der Waals surface area contributed by atoms with E-state index in [2.05, 4.69) is 4.98 Å². The van der Waals surface area contributed by atoms with Gasteiger partial charge in [0.15, 0.2) is 5.03 Å². The van der Waals surface area contributed by atoms with E-state index in [1.807, 2.05) is 13.8 Å². The lowest BCUT2D eigenvalue weighted by Crippen LogP contribution is -2.37. The molecule has 23 heavy (non-hydrogen) atoms. The Morgan fingerprint density at radius 3 is 2.70 bits per heavy atom. The number of carbonyl (C=O) groups is 1. The van der Waals surface area contributed by atoms with Crippen molar-refractivity contribution in [3.8, 4) is 0 Å². The first-order valence-corrected chi connectivity index (χ1v) is 9.39. The van der Waals surface area contributed by atoms with E-state index in [-0.39, 0.29) is 30.0 Å². The Hall–Kier alpha value is -1.41. The molecule has 1 saturated carbocycles. The highest BCUT2D eigenvalue weighted by atomic mass is 32.2. The van der Waals surface area contributed by atoms with Gasteiger partial charge in [0.1, 0.15) is 5.82 Å². The van der Waals surface area contributed by atoms with Gasteiger partial charge in [0.05, 0.1) is 5.41 Å². The Balaban J connectivity index is 1.93. The predicted octanol–water partition coefficient (Wildman–Crippen LogP) is 1.42. The molecule has 2 aliphatic rings. The molecule has 0 bridgehead atoms. The summed E-state index contributed by atoms with van der Waals surface area (Å²) in [6.07, 6.45) is 3.70. The molecule has 1 N–H and O–H groups in total. The van der Waals surface area contributed by atoms with Crippen molar-refractivity contribution in [3.63, 3.8) is 0 Å². The number of rotatable bonds is 4. The molecular formula is C15H23N3O4S. The van der Waals surface area contributed by atoms with E-state index in [9.17, 15) is 18.3 Å². The summed E-state index contributed by atoms with van der Waals surface area (Å²) in [4.78, 5) is 16.0. The van der Waals surface area contributed by atoms with Crippen molar-refractivity contribution in [2.24, 2.45) is 18.4 Å². The SMILES string of the molecule is CC(C)c1nc(S(=O)(=O)N2C[C@@H]3CCC[C@@]3(C(=O)O)C2)cn1C. The molecular weight excluding hydrogens is 318 g/mol. The number of nitrogens with zero attached hydrogens (tertiary/aromatic N) is 3. The van der Waals surface area contributed by atoms with Gasteiger partial charge in [-0.25, -0.2) is 13.4 Å². The molecule has 1 aliphatic heterocycles. The van der Waals surface area contributed by atoms with Crippen molar-refractivity contribution in [3.05, 3.63) is 12.0 Å². The molecule has 1 aromatic heterocycles. The molecule has 8 heteroatoms. The zero-order valence-corrected chi connectivity index (χ0v) is 14.5. The highest BCUT2D eigenvalue weighted by molar-refractivity contribution is 7.89. The molecule has 0 aromatic carbocycles. The van der Waals surface area contributed by atoms with Crippen LogP contribution in [0.5, 0.6) is 0 Å². The average molecular weight is 341 g/mol. The molecule has 0 radical (unpaired) electrons. The van der Waals surface area contributed by atoms with Gasteiger partial charge >= 0.3 is 5.97 Å². The smallest absolute Gasteiger partial charge is 0.311 e. The summed E-state index contributed by atoms with van der Waals surface area (Å²) in [6.45, 7) is 4.25. The van der Waals surface area contributed by atoms with Crippen LogP contribution in [0.3, 0.4) is 0 Å². The Morgan fingerprint density at radius 1 is 1.48 bits per heavy atom. The molecule has 2 atom stereocenters. The van der Waals surface area contributed by atoms with Crippen LogP contribution in [0.4, 0.5) is 0 Å². The van der Waals surface area contributed by atoms with Gasteiger partial charge in [-0.05, 0) is 18.8 Å². The quantitative estimate of drug-likeness (QED) is 0.894. The van der Waals surface area contributed by atoms with Crippen LogP contribution in [0.2, 0.25) is 0 Å². The number of carboxylic acids is 1. The van der Waals surface area contributed by atoms with Crippen LogP contribution in [0.25, 0.3) is 0 Å². The van der Waals surface area contributed by atoms with E-state index in [1.54, 1.807) is 11.6 Å². The second-order valence-electron chi connectivity index (χ2n) is 7.05. The van der Waals surface area contributed by atoms with Gasteiger partial charge in [-0.3, -0.25) is 4.79 Å². The molecule has 0 amide bonds. The maximum absolute atomic E-state index is 12.9. The van der Waals surface area contributed by atoms with Gasteiger partial charge in [-0.2, -0.15) is 4.31 Å². The Morgan fingerprint density at radius 2 is 2.17 bits per heavy atom. The van der Waals surface area contributed by atoms with Gasteiger partial charge in [0, 0.05) is 32.3 Å². The van der Waals surface area contributed by atoms with Crippen molar-refractivity contribution in [1.82, 2.24) is 13.9 Å². The van der Waals surface area contributed by atoms with E-state index in [4.69, 9.17) is 0 Å². The largest absolute Gasteiger partial charge is 0.481 e. The number of aromatic nitrogens is 2. The van der Waals surface area contributed by atoms with E-state index < -0.39 is 21.4 Å². The third-order valence-electron chi connectivity index (χ3n) is 5.28. The number of sulfonamides is 1. The number of hydrogen-bond donors (Lipinski definition) is 1. The lowest BCUT2D eigenvalue weighted by molar-refractivity contribution is -0.149. The molecule has 1 aliphatic carbocycles. The molecule has 7 nitrogen and oxygen atoms in total. The van der Waals surface area contributed by atoms with Crippen LogP contribution < -0.4 is 0 Å². The van der Waals surface area contributed by atoms with Gasteiger partial charge < -0.3 is 9.67 Å². The summed E-state index contributed by atoms with van der Waals surface area (Å²) in [6, 6.07) is 0. The van der Waals surface area contributed by atoms with E-state index in [1.165, 1.54) is 10.5 Å². The molecule has 1 aromatic rings. The van der Waals surface area contributed by atoms with Crippen molar-refractivity contribution in [2.45, 2.75) is 44.1 Å². The van der Waals surface area contributed by atoms with Crippen molar-refractivity contribution >= 4 is 16.0 Å². The second kappa shape index (κ2) is 5.31. The Kier molecular flexibility index (Phi) is 3.79. The fraction of sp³-hybridized carbons (Fsp3) is 0.733. The zero-order chi connectivity index (χ0) is 17.0. The first-order chi connectivity index (χ1) is 10.7. The number of aliphatic carboxylic acids is 1. The van der Waals surface area contributed by atoms with Crippen LogP contribution in [0.1, 0.15) is 44.9 Å². The summed E-state index contributed by atoms with van der Waals surface area (Å²) >= 11 is 0. The fourth-order valence-corrected chi connectivity index (χ4v) is 5.56. The van der Waals surface area contributed by atoms with Crippen LogP contribution in [-0.2, 0) is 21.9 Å². The first kappa shape index (κ1) is 16.4. The van der Waals surface area contributed by atoms with Crippen LogP contribution in [0, 0.1) is 11.3 Å². The van der Waals surface area contributed by atoms with Crippen LogP contribution >= 0.6 is 0 Å². The Labute approximate surface area is 136 Å². The number of fused-ring (bicyclic) bond motifs is 1. The van der Waals surface area contributed by atoms with Gasteiger partial charge in [-0.1, -0.05) is 20.3 Å². The first-order valence-electron chi connectivity index (χ1n) is 7.95. The van der Waals surface area contributed by atoms with Crippen LogP contribution in [0.15, 0.2) is 11.2 Å². The lowest BCUT2D eigenvalue weighted by Gasteiger charge is -2.22. The van der Waals surface area contributed by atoms with Gasteiger partial charge in [0.25, 0.3) is 10.0 Å². The lowest BCUT2D eigenvalue weighted by atomic mass is 9.81. The van der Waals surface area contributed by atoms with Crippen molar-refractivity contribution in [2.75, 3.05) is 13.1 Å². The predicted molar refractivity (Wildman–Crippen MR) is 83.5 cm³/mol. The number of carboxylic acid groups (broad SMARTS) is 1. The van der Waals surface area contributed by atoms with E-state index in [0.29, 0.717) is 12.2 Å². The number of imidazole rings is 1. The molecule has 2 fully saturated rings. The highest BCUT2D eigenvalue weighted by Crippen LogP contribution is 2.50. The maximum atomic E-state index is 12.9. The minimum Gasteiger partial charge on any atom is -0.481 e. The van der Waals surface area contributed by atoms with Gasteiger partial charge in [0.2, 0.25) is 0 Å². The molecule has 2 heterocycles.